The van der Waals surface area contributed by atoms with Crippen LogP contribution in [0.3, 0.4) is 0 Å². The van der Waals surface area contributed by atoms with E-state index in [2.05, 4.69) is 27.1 Å². The van der Waals surface area contributed by atoms with Crippen molar-refractivity contribution in [2.45, 2.75) is 13.5 Å². The fraction of sp³-hybridized carbons (Fsp3) is 0.111. The first-order valence-corrected chi connectivity index (χ1v) is 8.44. The van der Waals surface area contributed by atoms with Gasteiger partial charge in [-0.3, -0.25) is 4.68 Å². The lowest BCUT2D eigenvalue weighted by Crippen LogP contribution is -2.04. The zero-order valence-corrected chi connectivity index (χ0v) is 15.3. The van der Waals surface area contributed by atoms with E-state index in [1.807, 2.05) is 41.9 Å². The van der Waals surface area contributed by atoms with Crippen LogP contribution in [0.1, 0.15) is 16.8 Å². The van der Waals surface area contributed by atoms with Crippen LogP contribution < -0.4 is 5.73 Å². The average Bonchev–Trinajstić information content (AvgIpc) is 2.83. The second-order valence-corrected chi connectivity index (χ2v) is 6.76. The van der Waals surface area contributed by atoms with Crippen molar-refractivity contribution in [1.82, 2.24) is 9.78 Å². The number of aromatic nitrogens is 2. The summed E-state index contributed by atoms with van der Waals surface area (Å²) in [5.74, 6) is 0.449. The van der Waals surface area contributed by atoms with E-state index in [9.17, 15) is 0 Å². The van der Waals surface area contributed by atoms with Crippen LogP contribution in [0, 0.1) is 18.3 Å². The molecule has 0 atom stereocenters. The summed E-state index contributed by atoms with van der Waals surface area (Å²) in [5, 5.41) is 13.9. The van der Waals surface area contributed by atoms with Gasteiger partial charge in [-0.05, 0) is 42.3 Å². The minimum atomic E-state index is 0.412. The van der Waals surface area contributed by atoms with E-state index in [0.717, 1.165) is 26.9 Å². The SMILES string of the molecule is Cc1c(-c2ccc(C#N)c(Cl)c2)c(N)nn1Cc1ccc(Br)cc1. The van der Waals surface area contributed by atoms with Gasteiger partial charge in [-0.1, -0.05) is 45.7 Å². The number of benzene rings is 2. The normalized spacial score (nSPS) is 10.6. The summed E-state index contributed by atoms with van der Waals surface area (Å²) in [6.07, 6.45) is 0. The molecule has 3 aromatic rings. The van der Waals surface area contributed by atoms with E-state index in [4.69, 9.17) is 22.6 Å². The molecule has 3 rings (SSSR count). The Morgan fingerprint density at radius 1 is 1.25 bits per heavy atom. The minimum Gasteiger partial charge on any atom is -0.382 e. The maximum absolute atomic E-state index is 9.00. The molecule has 4 nitrogen and oxygen atoms in total. The molecule has 120 valence electrons. The molecule has 24 heavy (non-hydrogen) atoms. The first-order valence-electron chi connectivity index (χ1n) is 7.27. The molecule has 0 radical (unpaired) electrons. The summed E-state index contributed by atoms with van der Waals surface area (Å²) in [7, 11) is 0. The number of hydrogen-bond donors (Lipinski definition) is 1. The monoisotopic (exact) mass is 400 g/mol. The van der Waals surface area contributed by atoms with E-state index >= 15 is 0 Å². The summed E-state index contributed by atoms with van der Waals surface area (Å²) in [6, 6.07) is 15.4. The summed E-state index contributed by atoms with van der Waals surface area (Å²) in [5.41, 5.74) is 10.4. The van der Waals surface area contributed by atoms with Crippen molar-refractivity contribution in [2.75, 3.05) is 5.73 Å². The molecular weight excluding hydrogens is 388 g/mol. The van der Waals surface area contributed by atoms with Crippen LogP contribution >= 0.6 is 27.5 Å². The van der Waals surface area contributed by atoms with E-state index in [-0.39, 0.29) is 0 Å². The molecule has 0 aliphatic heterocycles. The highest BCUT2D eigenvalue weighted by molar-refractivity contribution is 9.10. The number of rotatable bonds is 3. The molecule has 0 amide bonds. The molecule has 2 N–H and O–H groups in total. The van der Waals surface area contributed by atoms with E-state index in [1.54, 1.807) is 12.1 Å². The van der Waals surface area contributed by atoms with Gasteiger partial charge in [-0.15, -0.1) is 0 Å². The van der Waals surface area contributed by atoms with Gasteiger partial charge in [0.1, 0.15) is 6.07 Å². The van der Waals surface area contributed by atoms with Crippen LogP contribution in [0.25, 0.3) is 11.1 Å². The highest BCUT2D eigenvalue weighted by Gasteiger charge is 2.15. The second-order valence-electron chi connectivity index (χ2n) is 5.44. The highest BCUT2D eigenvalue weighted by atomic mass is 79.9. The number of nitrogen functional groups attached to an aromatic ring is 1. The van der Waals surface area contributed by atoms with Crippen LogP contribution in [0.4, 0.5) is 5.82 Å². The molecule has 0 aliphatic rings. The lowest BCUT2D eigenvalue weighted by molar-refractivity contribution is 0.668. The van der Waals surface area contributed by atoms with Crippen molar-refractivity contribution in [2.24, 2.45) is 0 Å². The molecule has 0 unspecified atom stereocenters. The van der Waals surface area contributed by atoms with Crippen LogP contribution in [0.5, 0.6) is 0 Å². The smallest absolute Gasteiger partial charge is 0.153 e. The molecule has 0 aliphatic carbocycles. The molecule has 1 heterocycles. The predicted octanol–water partition coefficient (Wildman–Crippen LogP) is 4.78. The van der Waals surface area contributed by atoms with Gasteiger partial charge >= 0.3 is 0 Å². The average molecular weight is 402 g/mol. The highest BCUT2D eigenvalue weighted by Crippen LogP contribution is 2.32. The Kier molecular flexibility index (Phi) is 4.61. The predicted molar refractivity (Wildman–Crippen MR) is 99.8 cm³/mol. The number of anilines is 1. The molecule has 0 bridgehead atoms. The topological polar surface area (TPSA) is 67.6 Å². The Hall–Kier alpha value is -2.29. The van der Waals surface area contributed by atoms with Gasteiger partial charge in [-0.2, -0.15) is 10.4 Å². The van der Waals surface area contributed by atoms with Crippen molar-refractivity contribution >= 4 is 33.3 Å². The fourth-order valence-corrected chi connectivity index (χ4v) is 3.09. The summed E-state index contributed by atoms with van der Waals surface area (Å²) >= 11 is 9.57. The van der Waals surface area contributed by atoms with Gasteiger partial charge < -0.3 is 5.73 Å². The van der Waals surface area contributed by atoms with Crippen molar-refractivity contribution in [3.8, 4) is 17.2 Å². The summed E-state index contributed by atoms with van der Waals surface area (Å²) in [6.45, 7) is 2.61. The maximum atomic E-state index is 9.00. The molecule has 2 aromatic carbocycles. The quantitative estimate of drug-likeness (QED) is 0.687. The van der Waals surface area contributed by atoms with Gasteiger partial charge in [0.2, 0.25) is 0 Å². The van der Waals surface area contributed by atoms with Gasteiger partial charge in [0.05, 0.1) is 17.1 Å². The third-order valence-electron chi connectivity index (χ3n) is 3.86. The second kappa shape index (κ2) is 6.68. The van der Waals surface area contributed by atoms with E-state index in [0.29, 0.717) is 22.9 Å². The molecule has 0 spiro atoms. The van der Waals surface area contributed by atoms with Crippen LogP contribution in [0.15, 0.2) is 46.9 Å². The first-order chi connectivity index (χ1) is 11.5. The molecular formula is C18H14BrClN4. The van der Waals surface area contributed by atoms with Crippen LogP contribution in [0.2, 0.25) is 5.02 Å². The van der Waals surface area contributed by atoms with Gasteiger partial charge in [0.15, 0.2) is 5.82 Å². The van der Waals surface area contributed by atoms with Gasteiger partial charge in [-0.25, -0.2) is 0 Å². The van der Waals surface area contributed by atoms with Crippen molar-refractivity contribution in [3.05, 3.63) is 68.8 Å². The Bertz CT molecular complexity index is 939. The van der Waals surface area contributed by atoms with Crippen molar-refractivity contribution in [3.63, 3.8) is 0 Å². The molecule has 0 saturated carbocycles. The fourth-order valence-electron chi connectivity index (χ4n) is 2.60. The zero-order chi connectivity index (χ0) is 17.3. The number of hydrogen-bond acceptors (Lipinski definition) is 3. The van der Waals surface area contributed by atoms with Gasteiger partial charge in [0, 0.05) is 15.7 Å². The van der Waals surface area contributed by atoms with E-state index in [1.165, 1.54) is 0 Å². The van der Waals surface area contributed by atoms with Gasteiger partial charge in [0.25, 0.3) is 0 Å². The van der Waals surface area contributed by atoms with Crippen molar-refractivity contribution in [1.29, 1.82) is 5.26 Å². The standard InChI is InChI=1S/C18H14BrClN4/c1-11-17(13-4-5-14(9-21)16(20)8-13)18(22)23-24(11)10-12-2-6-15(19)7-3-12/h2-8H,10H2,1H3,(H2,22,23). The third-order valence-corrected chi connectivity index (χ3v) is 4.70. The van der Waals surface area contributed by atoms with Crippen LogP contribution in [-0.2, 0) is 6.54 Å². The maximum Gasteiger partial charge on any atom is 0.153 e. The first kappa shape index (κ1) is 16.6. The Morgan fingerprint density at radius 3 is 2.58 bits per heavy atom. The number of nitriles is 1. The Labute approximate surface area is 153 Å². The lowest BCUT2D eigenvalue weighted by Gasteiger charge is -2.07. The molecule has 6 heteroatoms. The Morgan fingerprint density at radius 2 is 1.96 bits per heavy atom. The van der Waals surface area contributed by atoms with Crippen molar-refractivity contribution < 1.29 is 0 Å². The number of nitrogens with two attached hydrogens (primary N) is 1. The summed E-state index contributed by atoms with van der Waals surface area (Å²) in [4.78, 5) is 0. The number of nitrogens with zero attached hydrogens (tertiary/aromatic N) is 3. The molecule has 0 fully saturated rings. The van der Waals surface area contributed by atoms with E-state index < -0.39 is 0 Å². The molecule has 1 aromatic heterocycles. The minimum absolute atomic E-state index is 0.412. The number of halogens is 2. The summed E-state index contributed by atoms with van der Waals surface area (Å²) < 4.78 is 2.91. The molecule has 0 saturated heterocycles. The Balaban J connectivity index is 1.99. The van der Waals surface area contributed by atoms with Crippen LogP contribution in [-0.4, -0.2) is 9.78 Å². The zero-order valence-electron chi connectivity index (χ0n) is 12.9. The third kappa shape index (κ3) is 3.16. The lowest BCUT2D eigenvalue weighted by atomic mass is 10.0. The largest absolute Gasteiger partial charge is 0.382 e.